The molecule has 0 aromatic rings. The van der Waals surface area contributed by atoms with Crippen molar-refractivity contribution in [1.29, 1.82) is 0 Å². The van der Waals surface area contributed by atoms with E-state index in [9.17, 15) is 0 Å². The SMILES string of the molecule is CCO[C@H]1COC[C@@H]1NC1CCOCC1. The summed E-state index contributed by atoms with van der Waals surface area (Å²) in [5.41, 5.74) is 0. The molecule has 0 aromatic carbocycles. The van der Waals surface area contributed by atoms with Crippen LogP contribution in [0.15, 0.2) is 0 Å². The zero-order valence-corrected chi connectivity index (χ0v) is 9.41. The van der Waals surface area contributed by atoms with Crippen LogP contribution in [-0.2, 0) is 14.2 Å². The fourth-order valence-electron chi connectivity index (χ4n) is 2.24. The third kappa shape index (κ3) is 3.14. The maximum Gasteiger partial charge on any atom is 0.0983 e. The van der Waals surface area contributed by atoms with E-state index < -0.39 is 0 Å². The molecule has 0 amide bonds. The van der Waals surface area contributed by atoms with E-state index in [1.165, 1.54) is 0 Å². The Kier molecular flexibility index (Phi) is 4.38. The van der Waals surface area contributed by atoms with Gasteiger partial charge in [-0.2, -0.15) is 0 Å². The summed E-state index contributed by atoms with van der Waals surface area (Å²) in [5, 5.41) is 3.62. The molecular formula is C11H21NO3. The molecule has 0 bridgehead atoms. The largest absolute Gasteiger partial charge is 0.381 e. The monoisotopic (exact) mass is 215 g/mol. The van der Waals surface area contributed by atoms with Gasteiger partial charge in [-0.15, -0.1) is 0 Å². The molecule has 2 fully saturated rings. The van der Waals surface area contributed by atoms with Crippen molar-refractivity contribution in [3.05, 3.63) is 0 Å². The molecule has 0 spiro atoms. The second kappa shape index (κ2) is 5.80. The molecule has 2 saturated heterocycles. The van der Waals surface area contributed by atoms with Gasteiger partial charge in [0.1, 0.15) is 0 Å². The molecule has 0 saturated carbocycles. The van der Waals surface area contributed by atoms with Crippen molar-refractivity contribution in [3.8, 4) is 0 Å². The lowest BCUT2D eigenvalue weighted by Gasteiger charge is -2.28. The fraction of sp³-hybridized carbons (Fsp3) is 1.00. The van der Waals surface area contributed by atoms with Gasteiger partial charge in [0.05, 0.1) is 25.4 Å². The van der Waals surface area contributed by atoms with Crippen molar-refractivity contribution in [3.63, 3.8) is 0 Å². The summed E-state index contributed by atoms with van der Waals surface area (Å²) in [7, 11) is 0. The summed E-state index contributed by atoms with van der Waals surface area (Å²) in [6.45, 7) is 6.07. The van der Waals surface area contributed by atoms with Gasteiger partial charge >= 0.3 is 0 Å². The van der Waals surface area contributed by atoms with Crippen LogP contribution in [0.3, 0.4) is 0 Å². The molecule has 1 N–H and O–H groups in total. The highest BCUT2D eigenvalue weighted by molar-refractivity contribution is 4.86. The van der Waals surface area contributed by atoms with E-state index in [-0.39, 0.29) is 6.10 Å². The first-order chi connectivity index (χ1) is 7.40. The Morgan fingerprint density at radius 3 is 2.73 bits per heavy atom. The summed E-state index contributed by atoms with van der Waals surface area (Å²) >= 11 is 0. The van der Waals surface area contributed by atoms with Crippen LogP contribution in [0.4, 0.5) is 0 Å². The number of hydrogen-bond acceptors (Lipinski definition) is 4. The summed E-state index contributed by atoms with van der Waals surface area (Å²) < 4.78 is 16.4. The molecule has 4 nitrogen and oxygen atoms in total. The van der Waals surface area contributed by atoms with Crippen molar-refractivity contribution in [2.75, 3.05) is 33.0 Å². The second-order valence-corrected chi connectivity index (χ2v) is 4.19. The molecule has 15 heavy (non-hydrogen) atoms. The molecule has 2 atom stereocenters. The Morgan fingerprint density at radius 2 is 2.00 bits per heavy atom. The van der Waals surface area contributed by atoms with E-state index in [4.69, 9.17) is 14.2 Å². The van der Waals surface area contributed by atoms with E-state index in [0.29, 0.717) is 12.1 Å². The van der Waals surface area contributed by atoms with Gasteiger partial charge in [-0.25, -0.2) is 0 Å². The quantitative estimate of drug-likeness (QED) is 0.744. The zero-order valence-electron chi connectivity index (χ0n) is 9.41. The van der Waals surface area contributed by atoms with E-state index in [0.717, 1.165) is 45.9 Å². The first-order valence-electron chi connectivity index (χ1n) is 5.93. The predicted molar refractivity (Wildman–Crippen MR) is 57.0 cm³/mol. The molecule has 2 heterocycles. The molecule has 2 aliphatic rings. The smallest absolute Gasteiger partial charge is 0.0983 e. The standard InChI is InChI=1S/C11H21NO3/c1-2-15-11-8-14-7-10(11)12-9-3-5-13-6-4-9/h9-12H,2-8H2,1H3/t10-,11-/m0/s1. The molecule has 0 aromatic heterocycles. The lowest BCUT2D eigenvalue weighted by atomic mass is 10.1. The van der Waals surface area contributed by atoms with E-state index in [1.807, 2.05) is 6.92 Å². The first-order valence-corrected chi connectivity index (χ1v) is 5.93. The van der Waals surface area contributed by atoms with Gasteiger partial charge in [0.25, 0.3) is 0 Å². The van der Waals surface area contributed by atoms with Gasteiger partial charge in [0.2, 0.25) is 0 Å². The molecule has 0 unspecified atom stereocenters. The lowest BCUT2D eigenvalue weighted by molar-refractivity contribution is 0.0321. The zero-order chi connectivity index (χ0) is 10.5. The minimum Gasteiger partial charge on any atom is -0.381 e. The average molecular weight is 215 g/mol. The molecule has 2 rings (SSSR count). The third-order valence-electron chi connectivity index (χ3n) is 3.08. The van der Waals surface area contributed by atoms with Crippen LogP contribution >= 0.6 is 0 Å². The van der Waals surface area contributed by atoms with Crippen LogP contribution in [-0.4, -0.2) is 51.2 Å². The first kappa shape index (κ1) is 11.3. The Morgan fingerprint density at radius 1 is 1.20 bits per heavy atom. The van der Waals surface area contributed by atoms with E-state index in [1.54, 1.807) is 0 Å². The summed E-state index contributed by atoms with van der Waals surface area (Å²) in [6, 6.07) is 0.946. The van der Waals surface area contributed by atoms with E-state index in [2.05, 4.69) is 5.32 Å². The molecular weight excluding hydrogens is 194 g/mol. The van der Waals surface area contributed by atoms with Gasteiger partial charge < -0.3 is 19.5 Å². The highest BCUT2D eigenvalue weighted by Gasteiger charge is 2.30. The fourth-order valence-corrected chi connectivity index (χ4v) is 2.24. The Hall–Kier alpha value is -0.160. The molecule has 0 aliphatic carbocycles. The van der Waals surface area contributed by atoms with Gasteiger partial charge in [0.15, 0.2) is 0 Å². The summed E-state index contributed by atoms with van der Waals surface area (Å²) in [6.07, 6.45) is 2.45. The number of rotatable bonds is 4. The number of hydrogen-bond donors (Lipinski definition) is 1. The normalized spacial score (nSPS) is 33.4. The molecule has 0 radical (unpaired) electrons. The lowest BCUT2D eigenvalue weighted by Crippen LogP contribution is -2.47. The number of ether oxygens (including phenoxy) is 3. The van der Waals surface area contributed by atoms with Crippen molar-refractivity contribution < 1.29 is 14.2 Å². The molecule has 4 heteroatoms. The van der Waals surface area contributed by atoms with E-state index >= 15 is 0 Å². The maximum atomic E-state index is 5.64. The minimum absolute atomic E-state index is 0.234. The Bertz CT molecular complexity index is 183. The van der Waals surface area contributed by atoms with Gasteiger partial charge in [-0.05, 0) is 19.8 Å². The maximum absolute atomic E-state index is 5.64. The summed E-state index contributed by atoms with van der Waals surface area (Å²) in [4.78, 5) is 0. The van der Waals surface area contributed by atoms with Gasteiger partial charge in [0, 0.05) is 25.9 Å². The summed E-state index contributed by atoms with van der Waals surface area (Å²) in [5.74, 6) is 0. The van der Waals surface area contributed by atoms with Crippen LogP contribution in [0.25, 0.3) is 0 Å². The molecule has 2 aliphatic heterocycles. The Balaban J connectivity index is 1.76. The number of nitrogens with one attached hydrogen (secondary N) is 1. The highest BCUT2D eigenvalue weighted by Crippen LogP contribution is 2.14. The van der Waals surface area contributed by atoms with Crippen molar-refractivity contribution in [1.82, 2.24) is 5.32 Å². The second-order valence-electron chi connectivity index (χ2n) is 4.19. The topological polar surface area (TPSA) is 39.7 Å². The molecule has 88 valence electrons. The van der Waals surface area contributed by atoms with Crippen LogP contribution < -0.4 is 5.32 Å². The van der Waals surface area contributed by atoms with Crippen LogP contribution in [0.1, 0.15) is 19.8 Å². The van der Waals surface area contributed by atoms with Gasteiger partial charge in [-0.1, -0.05) is 0 Å². The average Bonchev–Trinajstić information content (AvgIpc) is 2.68. The predicted octanol–water partition coefficient (Wildman–Crippen LogP) is 0.559. The van der Waals surface area contributed by atoms with Crippen LogP contribution in [0.2, 0.25) is 0 Å². The highest BCUT2D eigenvalue weighted by atomic mass is 16.5. The van der Waals surface area contributed by atoms with Crippen molar-refractivity contribution in [2.45, 2.75) is 38.0 Å². The van der Waals surface area contributed by atoms with Gasteiger partial charge in [-0.3, -0.25) is 0 Å². The van der Waals surface area contributed by atoms with Crippen LogP contribution in [0, 0.1) is 0 Å². The third-order valence-corrected chi connectivity index (χ3v) is 3.08. The van der Waals surface area contributed by atoms with Crippen molar-refractivity contribution in [2.24, 2.45) is 0 Å². The van der Waals surface area contributed by atoms with Crippen LogP contribution in [0.5, 0.6) is 0 Å². The van der Waals surface area contributed by atoms with Crippen molar-refractivity contribution >= 4 is 0 Å². The Labute approximate surface area is 91.3 Å². The minimum atomic E-state index is 0.234.